The fourth-order valence-corrected chi connectivity index (χ4v) is 3.41. The lowest BCUT2D eigenvalue weighted by Gasteiger charge is -2.31. The number of alkyl halides is 1. The Morgan fingerprint density at radius 2 is 1.89 bits per heavy atom. The smallest absolute Gasteiger partial charge is 0.293 e. The van der Waals surface area contributed by atoms with E-state index in [0.29, 0.717) is 45.1 Å². The first-order valence-corrected chi connectivity index (χ1v) is 9.25. The highest BCUT2D eigenvalue weighted by Gasteiger charge is 2.30. The Bertz CT molecular complexity index is 745. The van der Waals surface area contributed by atoms with Crippen molar-refractivity contribution in [1.82, 2.24) is 10.2 Å². The zero-order valence-corrected chi connectivity index (χ0v) is 15.3. The van der Waals surface area contributed by atoms with Gasteiger partial charge >= 0.3 is 0 Å². The van der Waals surface area contributed by atoms with Crippen molar-refractivity contribution in [3.63, 3.8) is 0 Å². The number of hydrogen-bond acceptors (Lipinski definition) is 5. The number of anilines is 1. The number of halogens is 3. The first-order valence-electron chi connectivity index (χ1n) is 9.25. The van der Waals surface area contributed by atoms with E-state index in [-0.39, 0.29) is 23.6 Å². The average molecular weight is 396 g/mol. The molecule has 9 heteroatoms. The molecular weight excluding hydrogens is 373 g/mol. The Labute approximate surface area is 161 Å². The van der Waals surface area contributed by atoms with E-state index in [1.807, 2.05) is 4.90 Å². The van der Waals surface area contributed by atoms with E-state index in [0.717, 1.165) is 18.3 Å². The van der Waals surface area contributed by atoms with Gasteiger partial charge < -0.3 is 25.7 Å². The van der Waals surface area contributed by atoms with E-state index in [1.165, 1.54) is 0 Å². The summed E-state index contributed by atoms with van der Waals surface area (Å²) in [5, 5.41) is 13.4. The van der Waals surface area contributed by atoms with Gasteiger partial charge in [0.1, 0.15) is 29.6 Å². The Kier molecular flexibility index (Phi) is 6.56. The SMILES string of the molecule is N=CC(=C(OC1CCC(F)C1)C(=O)Nc1cc(F)cc(F)c1)N1CCNCC1. The third kappa shape index (κ3) is 5.03. The Morgan fingerprint density at radius 1 is 1.21 bits per heavy atom. The first-order chi connectivity index (χ1) is 13.5. The minimum atomic E-state index is -0.991. The summed E-state index contributed by atoms with van der Waals surface area (Å²) in [6, 6.07) is 2.67. The maximum Gasteiger partial charge on any atom is 0.293 e. The largest absolute Gasteiger partial charge is 0.483 e. The molecule has 3 N–H and O–H groups in total. The number of nitrogens with one attached hydrogen (secondary N) is 3. The predicted molar refractivity (Wildman–Crippen MR) is 98.9 cm³/mol. The molecule has 28 heavy (non-hydrogen) atoms. The lowest BCUT2D eigenvalue weighted by molar-refractivity contribution is -0.117. The van der Waals surface area contributed by atoms with Crippen LogP contribution >= 0.6 is 0 Å². The lowest BCUT2D eigenvalue weighted by atomic mass is 10.2. The van der Waals surface area contributed by atoms with Crippen molar-refractivity contribution >= 4 is 17.8 Å². The molecule has 2 fully saturated rings. The van der Waals surface area contributed by atoms with Crippen molar-refractivity contribution in [1.29, 1.82) is 5.41 Å². The van der Waals surface area contributed by atoms with E-state index >= 15 is 0 Å². The topological polar surface area (TPSA) is 77.5 Å². The summed E-state index contributed by atoms with van der Waals surface area (Å²) < 4.78 is 46.2. The van der Waals surface area contributed by atoms with Crippen LogP contribution < -0.4 is 10.6 Å². The molecule has 1 aromatic rings. The maximum atomic E-state index is 13.6. The quantitative estimate of drug-likeness (QED) is 0.392. The second-order valence-electron chi connectivity index (χ2n) is 6.86. The van der Waals surface area contributed by atoms with Crippen LogP contribution in [0, 0.1) is 17.0 Å². The number of carbonyl (C=O) groups is 1. The number of ether oxygens (including phenoxy) is 1. The van der Waals surface area contributed by atoms with Crippen molar-refractivity contribution in [2.75, 3.05) is 31.5 Å². The lowest BCUT2D eigenvalue weighted by Crippen LogP contribution is -2.44. The summed E-state index contributed by atoms with van der Waals surface area (Å²) in [5.74, 6) is -2.52. The normalized spacial score (nSPS) is 23.2. The molecule has 1 aliphatic carbocycles. The van der Waals surface area contributed by atoms with Gasteiger partial charge in [-0.25, -0.2) is 13.2 Å². The van der Waals surface area contributed by atoms with Crippen molar-refractivity contribution in [3.05, 3.63) is 41.3 Å². The van der Waals surface area contributed by atoms with E-state index in [1.54, 1.807) is 0 Å². The molecule has 1 heterocycles. The maximum absolute atomic E-state index is 13.6. The van der Waals surface area contributed by atoms with Gasteiger partial charge in [0.15, 0.2) is 0 Å². The highest BCUT2D eigenvalue weighted by atomic mass is 19.1. The molecule has 0 aromatic heterocycles. The number of piperazine rings is 1. The number of rotatable bonds is 6. The van der Waals surface area contributed by atoms with Crippen molar-refractivity contribution < 1.29 is 22.7 Å². The summed E-state index contributed by atoms with van der Waals surface area (Å²) in [6.45, 7) is 2.49. The van der Waals surface area contributed by atoms with Crippen LogP contribution in [0.15, 0.2) is 29.7 Å². The highest BCUT2D eigenvalue weighted by Crippen LogP contribution is 2.28. The Morgan fingerprint density at radius 3 is 2.46 bits per heavy atom. The second kappa shape index (κ2) is 9.09. The minimum Gasteiger partial charge on any atom is -0.483 e. The van der Waals surface area contributed by atoms with E-state index in [4.69, 9.17) is 10.1 Å². The molecule has 152 valence electrons. The number of amides is 1. The van der Waals surface area contributed by atoms with Crippen LogP contribution in [0.1, 0.15) is 19.3 Å². The van der Waals surface area contributed by atoms with Gasteiger partial charge in [0.2, 0.25) is 5.76 Å². The third-order valence-corrected chi connectivity index (χ3v) is 4.76. The molecule has 1 saturated carbocycles. The number of benzene rings is 1. The fraction of sp³-hybridized carbons (Fsp3) is 0.474. The number of carbonyl (C=O) groups excluding carboxylic acids is 1. The van der Waals surface area contributed by atoms with Crippen LogP contribution in [0.25, 0.3) is 0 Å². The van der Waals surface area contributed by atoms with Crippen LogP contribution in [0.4, 0.5) is 18.9 Å². The summed E-state index contributed by atoms with van der Waals surface area (Å²) in [6.07, 6.45) is 0.515. The predicted octanol–water partition coefficient (Wildman–Crippen LogP) is 2.58. The van der Waals surface area contributed by atoms with Crippen LogP contribution in [-0.4, -0.2) is 55.5 Å². The molecule has 2 atom stereocenters. The molecule has 1 amide bonds. The standard InChI is InChI=1S/C19H23F3N4O2/c20-12-1-2-16(10-12)28-18(17(11-23)26-5-3-24-4-6-26)19(27)25-15-8-13(21)7-14(22)9-15/h7-9,11-12,16,23-24H,1-6,10H2,(H,25,27). The number of allylic oxidation sites excluding steroid dienone is 1. The fourth-order valence-electron chi connectivity index (χ4n) is 3.41. The van der Waals surface area contributed by atoms with Gasteiger partial charge in [0.25, 0.3) is 5.91 Å². The van der Waals surface area contributed by atoms with Gasteiger partial charge in [0.05, 0.1) is 0 Å². The monoisotopic (exact) mass is 396 g/mol. The van der Waals surface area contributed by atoms with Gasteiger partial charge in [-0.3, -0.25) is 4.79 Å². The third-order valence-electron chi connectivity index (χ3n) is 4.76. The summed E-state index contributed by atoms with van der Waals surface area (Å²) >= 11 is 0. The number of nitrogens with zero attached hydrogens (tertiary/aromatic N) is 1. The van der Waals surface area contributed by atoms with Crippen molar-refractivity contribution in [2.24, 2.45) is 0 Å². The summed E-state index contributed by atoms with van der Waals surface area (Å²) in [7, 11) is 0. The van der Waals surface area contributed by atoms with Crippen molar-refractivity contribution in [3.8, 4) is 0 Å². The Balaban J connectivity index is 1.88. The molecule has 2 aliphatic rings. The Hall–Kier alpha value is -2.55. The van der Waals surface area contributed by atoms with Crippen LogP contribution in [0.5, 0.6) is 0 Å². The van der Waals surface area contributed by atoms with Crippen LogP contribution in [-0.2, 0) is 9.53 Å². The van der Waals surface area contributed by atoms with Gasteiger partial charge in [0, 0.05) is 50.6 Å². The van der Waals surface area contributed by atoms with Crippen LogP contribution in [0.3, 0.4) is 0 Å². The van der Waals surface area contributed by atoms with E-state index < -0.39 is 29.8 Å². The summed E-state index contributed by atoms with van der Waals surface area (Å²) in [4.78, 5) is 14.7. The molecule has 1 aliphatic heterocycles. The molecule has 1 aromatic carbocycles. The van der Waals surface area contributed by atoms with Gasteiger partial charge in [-0.2, -0.15) is 0 Å². The second-order valence-corrected chi connectivity index (χ2v) is 6.86. The molecular formula is C19H23F3N4O2. The zero-order valence-electron chi connectivity index (χ0n) is 15.3. The molecule has 0 radical (unpaired) electrons. The van der Waals surface area contributed by atoms with E-state index in [9.17, 15) is 18.0 Å². The molecule has 1 saturated heterocycles. The van der Waals surface area contributed by atoms with Gasteiger partial charge in [-0.15, -0.1) is 0 Å². The average Bonchev–Trinajstić information content (AvgIpc) is 3.06. The van der Waals surface area contributed by atoms with Crippen molar-refractivity contribution in [2.45, 2.75) is 31.5 Å². The molecule has 2 unspecified atom stereocenters. The highest BCUT2D eigenvalue weighted by molar-refractivity contribution is 6.05. The molecule has 0 bridgehead atoms. The van der Waals surface area contributed by atoms with Crippen LogP contribution in [0.2, 0.25) is 0 Å². The number of hydrogen-bond donors (Lipinski definition) is 3. The van der Waals surface area contributed by atoms with E-state index in [2.05, 4.69) is 10.6 Å². The summed E-state index contributed by atoms with van der Waals surface area (Å²) in [5.41, 5.74) is 0.196. The molecule has 0 spiro atoms. The minimum absolute atomic E-state index is 0.0666. The molecule has 3 rings (SSSR count). The zero-order chi connectivity index (χ0) is 20.1. The van der Waals surface area contributed by atoms with Gasteiger partial charge in [-0.05, 0) is 25.0 Å². The van der Waals surface area contributed by atoms with Gasteiger partial charge in [-0.1, -0.05) is 0 Å². The molecule has 6 nitrogen and oxygen atoms in total. The first kappa shape index (κ1) is 20.2.